The maximum absolute atomic E-state index is 12.0. The molecule has 0 unspecified atom stereocenters. The molecule has 2 N–H and O–H groups in total. The minimum absolute atomic E-state index is 0.255. The largest absolute Gasteiger partial charge is 0.444 e. The van der Waals surface area contributed by atoms with Crippen LogP contribution in [0.3, 0.4) is 0 Å². The molecule has 0 spiro atoms. The van der Waals surface area contributed by atoms with Crippen molar-refractivity contribution in [3.63, 3.8) is 0 Å². The van der Waals surface area contributed by atoms with Gasteiger partial charge in [0.05, 0.1) is 0 Å². The number of hydrogen-bond acceptors (Lipinski definition) is 3. The van der Waals surface area contributed by atoms with E-state index in [1.54, 1.807) is 11.0 Å². The molecule has 1 aliphatic heterocycles. The Hall–Kier alpha value is -1.55. The summed E-state index contributed by atoms with van der Waals surface area (Å²) in [4.78, 5) is 13.8. The fraction of sp³-hybridized carbons (Fsp3) is 0.632. The minimum atomic E-state index is -0.461. The number of likely N-dealkylation sites (tertiary alicyclic amines) is 1. The first-order valence-corrected chi connectivity index (χ1v) is 8.40. The van der Waals surface area contributed by atoms with E-state index in [1.807, 2.05) is 46.8 Å². The van der Waals surface area contributed by atoms with Crippen molar-refractivity contribution in [3.8, 4) is 0 Å². The predicted molar refractivity (Wildman–Crippen MR) is 98.4 cm³/mol. The topological polar surface area (TPSA) is 55.6 Å². The zero-order valence-electron chi connectivity index (χ0n) is 15.5. The summed E-state index contributed by atoms with van der Waals surface area (Å²) in [7, 11) is 0. The Labute approximate surface area is 142 Å². The average Bonchev–Trinajstić information content (AvgIpc) is 2.47. The highest BCUT2D eigenvalue weighted by molar-refractivity contribution is 5.68. The second-order valence-electron chi connectivity index (χ2n) is 6.69. The molecule has 0 aliphatic carbocycles. The van der Waals surface area contributed by atoms with E-state index in [1.165, 1.54) is 0 Å². The maximum Gasteiger partial charge on any atom is 0.410 e. The second kappa shape index (κ2) is 9.56. The summed E-state index contributed by atoms with van der Waals surface area (Å²) >= 11 is 0. The Bertz CT molecular complexity index is 425. The quantitative estimate of drug-likeness (QED) is 0.779. The molecule has 0 atom stereocenters. The first-order valence-electron chi connectivity index (χ1n) is 8.40. The number of carbonyl (C=O) groups excluding carboxylic acids is 1. The van der Waals surface area contributed by atoms with Crippen LogP contribution in [0.15, 0.2) is 37.0 Å². The summed E-state index contributed by atoms with van der Waals surface area (Å²) in [6.07, 6.45) is 7.51. The van der Waals surface area contributed by atoms with Crippen LogP contribution in [0.4, 0.5) is 4.79 Å². The molecule has 1 rings (SSSR count). The van der Waals surface area contributed by atoms with Gasteiger partial charge in [-0.15, -0.1) is 0 Å². The van der Waals surface area contributed by atoms with Crippen molar-refractivity contribution in [1.29, 1.82) is 0 Å². The van der Waals surface area contributed by atoms with E-state index >= 15 is 0 Å². The first-order chi connectivity index (χ1) is 10.7. The number of rotatable bonds is 4. The number of nitrogens with zero attached hydrogens (tertiary/aromatic N) is 1. The molecule has 1 heterocycles. The number of carbonyl (C=O) groups is 1. The fourth-order valence-corrected chi connectivity index (χ4v) is 2.39. The number of nitrogens with two attached hydrogens (primary N) is 1. The lowest BCUT2D eigenvalue weighted by Gasteiger charge is -2.39. The molecule has 4 nitrogen and oxygen atoms in total. The Morgan fingerprint density at radius 3 is 2.17 bits per heavy atom. The van der Waals surface area contributed by atoms with Gasteiger partial charge in [0.1, 0.15) is 5.60 Å². The van der Waals surface area contributed by atoms with Crippen LogP contribution in [0.1, 0.15) is 53.9 Å². The zero-order chi connectivity index (χ0) is 18.1. The molecule has 132 valence electrons. The molecule has 0 radical (unpaired) electrons. The normalized spacial score (nSPS) is 17.7. The van der Waals surface area contributed by atoms with Gasteiger partial charge in [0, 0.05) is 18.6 Å². The van der Waals surface area contributed by atoms with Crippen LogP contribution in [0.2, 0.25) is 0 Å². The van der Waals surface area contributed by atoms with Crippen LogP contribution in [-0.2, 0) is 4.74 Å². The van der Waals surface area contributed by atoms with Crippen LogP contribution in [0, 0.1) is 0 Å². The number of amides is 1. The highest BCUT2D eigenvalue weighted by atomic mass is 16.6. The lowest BCUT2D eigenvalue weighted by Crippen LogP contribution is -2.52. The second-order valence-corrected chi connectivity index (χ2v) is 6.69. The van der Waals surface area contributed by atoms with Gasteiger partial charge in [-0.1, -0.05) is 45.2 Å². The molecule has 0 bridgehead atoms. The van der Waals surface area contributed by atoms with E-state index in [-0.39, 0.29) is 11.6 Å². The highest BCUT2D eigenvalue weighted by Crippen LogP contribution is 2.27. The summed E-state index contributed by atoms with van der Waals surface area (Å²) in [5.74, 6) is 0. The van der Waals surface area contributed by atoms with Gasteiger partial charge in [-0.2, -0.15) is 0 Å². The lowest BCUT2D eigenvalue weighted by atomic mass is 9.82. The molecule has 4 heteroatoms. The van der Waals surface area contributed by atoms with Gasteiger partial charge in [-0.3, -0.25) is 0 Å². The standard InChI is InChI=1S/C17H28N2O2.C2H6/c1-6-8-14(7-2)13-17(18)9-11-19(12-10-17)15(20)21-16(3,4)5;1-2/h6-8H,1-2,9-13,18H2,3-5H3;1-2H3/b14-8+;. The van der Waals surface area contributed by atoms with Crippen molar-refractivity contribution in [1.82, 2.24) is 4.90 Å². The smallest absolute Gasteiger partial charge is 0.410 e. The van der Waals surface area contributed by atoms with E-state index in [4.69, 9.17) is 10.5 Å². The third-order valence-electron chi connectivity index (χ3n) is 3.56. The monoisotopic (exact) mass is 322 g/mol. The minimum Gasteiger partial charge on any atom is -0.444 e. The van der Waals surface area contributed by atoms with Gasteiger partial charge in [0.15, 0.2) is 0 Å². The summed E-state index contributed by atoms with van der Waals surface area (Å²) in [5, 5.41) is 0. The Balaban J connectivity index is 0.00000232. The first kappa shape index (κ1) is 21.4. The maximum atomic E-state index is 12.0. The molecule has 1 aliphatic rings. The van der Waals surface area contributed by atoms with Crippen LogP contribution in [0.5, 0.6) is 0 Å². The van der Waals surface area contributed by atoms with Crippen molar-refractivity contribution in [2.24, 2.45) is 5.73 Å². The molecule has 0 saturated carbocycles. The third-order valence-corrected chi connectivity index (χ3v) is 3.56. The molecule has 1 fully saturated rings. The Kier molecular flexibility index (Phi) is 8.91. The van der Waals surface area contributed by atoms with Gasteiger partial charge in [-0.05, 0) is 45.6 Å². The molecule has 0 aromatic carbocycles. The Morgan fingerprint density at radius 1 is 1.26 bits per heavy atom. The predicted octanol–water partition coefficient (Wildman–Crippen LogP) is 4.43. The summed E-state index contributed by atoms with van der Waals surface area (Å²) in [6, 6.07) is 0. The lowest BCUT2D eigenvalue weighted by molar-refractivity contribution is 0.0169. The fourth-order valence-electron chi connectivity index (χ4n) is 2.39. The zero-order valence-corrected chi connectivity index (χ0v) is 15.5. The van der Waals surface area contributed by atoms with E-state index in [0.29, 0.717) is 13.1 Å². The molecular weight excluding hydrogens is 288 g/mol. The number of hydrogen-bond donors (Lipinski definition) is 1. The van der Waals surface area contributed by atoms with Gasteiger partial charge in [-0.25, -0.2) is 4.79 Å². The van der Waals surface area contributed by atoms with Crippen LogP contribution >= 0.6 is 0 Å². The number of ether oxygens (including phenoxy) is 1. The van der Waals surface area contributed by atoms with E-state index < -0.39 is 5.60 Å². The highest BCUT2D eigenvalue weighted by Gasteiger charge is 2.34. The van der Waals surface area contributed by atoms with Gasteiger partial charge >= 0.3 is 6.09 Å². The van der Waals surface area contributed by atoms with Crippen molar-refractivity contribution in [3.05, 3.63) is 37.0 Å². The summed E-state index contributed by atoms with van der Waals surface area (Å²) in [6.45, 7) is 18.4. The van der Waals surface area contributed by atoms with Crippen molar-refractivity contribution < 1.29 is 9.53 Å². The van der Waals surface area contributed by atoms with Gasteiger partial charge in [0.25, 0.3) is 0 Å². The molecule has 0 aromatic heterocycles. The van der Waals surface area contributed by atoms with E-state index in [0.717, 1.165) is 24.8 Å². The number of piperidine rings is 1. The molecule has 1 saturated heterocycles. The molecule has 23 heavy (non-hydrogen) atoms. The van der Waals surface area contributed by atoms with Crippen LogP contribution in [-0.4, -0.2) is 35.2 Å². The van der Waals surface area contributed by atoms with Crippen molar-refractivity contribution >= 4 is 6.09 Å². The molecule has 1 amide bonds. The molecular formula is C19H34N2O2. The van der Waals surface area contributed by atoms with E-state index in [2.05, 4.69) is 13.2 Å². The average molecular weight is 322 g/mol. The van der Waals surface area contributed by atoms with Crippen molar-refractivity contribution in [2.75, 3.05) is 13.1 Å². The Morgan fingerprint density at radius 2 is 1.78 bits per heavy atom. The van der Waals surface area contributed by atoms with Crippen LogP contribution < -0.4 is 5.73 Å². The third kappa shape index (κ3) is 8.03. The van der Waals surface area contributed by atoms with E-state index in [9.17, 15) is 4.79 Å². The SMILES string of the molecule is C=C/C=C(\C=C)CC1(N)CCN(C(=O)OC(C)(C)C)CC1.CC. The van der Waals surface area contributed by atoms with Crippen LogP contribution in [0.25, 0.3) is 0 Å². The molecule has 0 aromatic rings. The number of allylic oxidation sites excluding steroid dienone is 3. The van der Waals surface area contributed by atoms with Gasteiger partial charge in [0.2, 0.25) is 0 Å². The summed E-state index contributed by atoms with van der Waals surface area (Å²) < 4.78 is 5.39. The van der Waals surface area contributed by atoms with Gasteiger partial charge < -0.3 is 15.4 Å². The summed E-state index contributed by atoms with van der Waals surface area (Å²) in [5.41, 5.74) is 6.78. The van der Waals surface area contributed by atoms with Crippen molar-refractivity contribution in [2.45, 2.75) is 65.0 Å².